The lowest BCUT2D eigenvalue weighted by Crippen LogP contribution is -1.93. The van der Waals surface area contributed by atoms with E-state index < -0.39 is 4.92 Å². The van der Waals surface area contributed by atoms with Crippen molar-refractivity contribution in [3.05, 3.63) is 62.1 Å². The fourth-order valence-corrected chi connectivity index (χ4v) is 2.26. The van der Waals surface area contributed by atoms with Crippen molar-refractivity contribution in [1.82, 2.24) is 0 Å². The normalized spacial score (nSPS) is 10.2. The van der Waals surface area contributed by atoms with Crippen molar-refractivity contribution >= 4 is 33.2 Å². The third-order valence-electron chi connectivity index (χ3n) is 2.27. The standard InChI is InChI=1S/C12H6BrClNO2/c13-10-6-2-1-4-8(10)9-5-3-7-11(14)12(9)15(16)17/h1-5,7H. The van der Waals surface area contributed by atoms with Crippen molar-refractivity contribution in [2.45, 2.75) is 0 Å². The predicted molar refractivity (Wildman–Crippen MR) is 70.1 cm³/mol. The van der Waals surface area contributed by atoms with E-state index in [1.807, 2.05) is 0 Å². The average Bonchev–Trinajstić information content (AvgIpc) is 2.28. The Morgan fingerprint density at radius 1 is 1.24 bits per heavy atom. The second-order valence-corrected chi connectivity index (χ2v) is 4.49. The Kier molecular flexibility index (Phi) is 3.45. The second-order valence-electron chi connectivity index (χ2n) is 3.29. The molecule has 0 fully saturated rings. The summed E-state index contributed by atoms with van der Waals surface area (Å²) in [6.45, 7) is 0. The minimum absolute atomic E-state index is 0.0885. The summed E-state index contributed by atoms with van der Waals surface area (Å²) in [5, 5.41) is 11.2. The van der Waals surface area contributed by atoms with Gasteiger partial charge in [0.1, 0.15) is 5.02 Å². The quantitative estimate of drug-likeness (QED) is 0.606. The summed E-state index contributed by atoms with van der Waals surface area (Å²) >= 11 is 9.18. The smallest absolute Gasteiger partial charge is 0.258 e. The van der Waals surface area contributed by atoms with E-state index in [1.165, 1.54) is 6.07 Å². The first kappa shape index (κ1) is 12.1. The molecule has 0 heterocycles. The molecule has 0 aliphatic rings. The maximum absolute atomic E-state index is 11.0. The van der Waals surface area contributed by atoms with E-state index in [0.717, 1.165) is 0 Å². The summed E-state index contributed by atoms with van der Waals surface area (Å²) in [6.07, 6.45) is 0. The summed E-state index contributed by atoms with van der Waals surface area (Å²) in [5.74, 6) is 0. The SMILES string of the molecule is O=[N+]([O-])c1c(Cl)cccc1-c1ccc[c]c1Br. The van der Waals surface area contributed by atoms with Crippen LogP contribution in [0.3, 0.4) is 0 Å². The number of hydrogen-bond donors (Lipinski definition) is 0. The summed E-state index contributed by atoms with van der Waals surface area (Å²) in [6, 6.07) is 13.1. The lowest BCUT2D eigenvalue weighted by molar-refractivity contribution is -0.384. The van der Waals surface area contributed by atoms with Crippen LogP contribution in [-0.4, -0.2) is 4.92 Å². The number of nitro groups is 1. The van der Waals surface area contributed by atoms with Crippen LogP contribution in [0.15, 0.2) is 40.9 Å². The molecule has 0 aromatic heterocycles. The third kappa shape index (κ3) is 2.33. The molecule has 0 amide bonds. The third-order valence-corrected chi connectivity index (χ3v) is 3.23. The molecule has 0 saturated heterocycles. The van der Waals surface area contributed by atoms with Gasteiger partial charge in [-0.1, -0.05) is 35.9 Å². The summed E-state index contributed by atoms with van der Waals surface area (Å²) < 4.78 is 0.672. The number of halogens is 2. The molecule has 17 heavy (non-hydrogen) atoms. The maximum atomic E-state index is 11.0. The number of nitrogens with zero attached hydrogens (tertiary/aromatic N) is 1. The number of nitro benzene ring substituents is 1. The average molecular weight is 312 g/mol. The van der Waals surface area contributed by atoms with Gasteiger partial charge in [-0.2, -0.15) is 0 Å². The minimum atomic E-state index is -0.475. The highest BCUT2D eigenvalue weighted by Gasteiger charge is 2.20. The Labute approximate surface area is 111 Å². The van der Waals surface area contributed by atoms with Gasteiger partial charge in [-0.3, -0.25) is 10.1 Å². The van der Waals surface area contributed by atoms with Gasteiger partial charge >= 0.3 is 0 Å². The molecule has 0 atom stereocenters. The first-order valence-electron chi connectivity index (χ1n) is 4.70. The van der Waals surface area contributed by atoms with Gasteiger partial charge in [0.15, 0.2) is 0 Å². The van der Waals surface area contributed by atoms with Gasteiger partial charge in [0.05, 0.1) is 10.5 Å². The van der Waals surface area contributed by atoms with Crippen molar-refractivity contribution < 1.29 is 4.92 Å². The zero-order valence-electron chi connectivity index (χ0n) is 8.48. The highest BCUT2D eigenvalue weighted by atomic mass is 79.9. The van der Waals surface area contributed by atoms with E-state index in [4.69, 9.17) is 11.6 Å². The van der Waals surface area contributed by atoms with Crippen LogP contribution in [0.4, 0.5) is 5.69 Å². The number of hydrogen-bond acceptors (Lipinski definition) is 2. The van der Waals surface area contributed by atoms with Crippen LogP contribution in [0.25, 0.3) is 11.1 Å². The molecule has 0 N–H and O–H groups in total. The molecule has 2 rings (SSSR count). The summed E-state index contributed by atoms with van der Waals surface area (Å²) in [7, 11) is 0. The van der Waals surface area contributed by atoms with Gasteiger partial charge in [-0.25, -0.2) is 0 Å². The molecule has 1 radical (unpaired) electrons. The molecule has 3 nitrogen and oxygen atoms in total. The maximum Gasteiger partial charge on any atom is 0.295 e. The number of para-hydroxylation sites is 1. The van der Waals surface area contributed by atoms with Crippen molar-refractivity contribution in [3.63, 3.8) is 0 Å². The lowest BCUT2D eigenvalue weighted by atomic mass is 10.0. The first-order valence-corrected chi connectivity index (χ1v) is 5.88. The van der Waals surface area contributed by atoms with Crippen molar-refractivity contribution in [1.29, 1.82) is 0 Å². The molecule has 0 aliphatic heterocycles. The topological polar surface area (TPSA) is 43.1 Å². The largest absolute Gasteiger partial charge is 0.295 e. The summed E-state index contributed by atoms with van der Waals surface area (Å²) in [5.41, 5.74) is 1.09. The molecule has 2 aromatic carbocycles. The Morgan fingerprint density at radius 3 is 2.59 bits per heavy atom. The molecule has 0 unspecified atom stereocenters. The van der Waals surface area contributed by atoms with Crippen LogP contribution < -0.4 is 0 Å². The van der Waals surface area contributed by atoms with E-state index in [2.05, 4.69) is 22.0 Å². The van der Waals surface area contributed by atoms with E-state index in [-0.39, 0.29) is 10.7 Å². The molecule has 0 spiro atoms. The Hall–Kier alpha value is -1.39. The Morgan fingerprint density at radius 2 is 1.94 bits per heavy atom. The highest BCUT2D eigenvalue weighted by Crippen LogP contribution is 2.38. The molecule has 0 bridgehead atoms. The lowest BCUT2D eigenvalue weighted by Gasteiger charge is -2.06. The van der Waals surface area contributed by atoms with E-state index >= 15 is 0 Å². The van der Waals surface area contributed by atoms with Crippen molar-refractivity contribution in [2.24, 2.45) is 0 Å². The fourth-order valence-electron chi connectivity index (χ4n) is 1.54. The second kappa shape index (κ2) is 4.85. The van der Waals surface area contributed by atoms with Gasteiger partial charge in [0, 0.05) is 10.0 Å². The minimum Gasteiger partial charge on any atom is -0.258 e. The zero-order chi connectivity index (χ0) is 12.4. The van der Waals surface area contributed by atoms with Crippen LogP contribution >= 0.6 is 27.5 Å². The van der Waals surface area contributed by atoms with Crippen LogP contribution in [-0.2, 0) is 0 Å². The van der Waals surface area contributed by atoms with Crippen LogP contribution in [0, 0.1) is 16.2 Å². The first-order chi connectivity index (χ1) is 8.11. The van der Waals surface area contributed by atoms with Crippen molar-refractivity contribution in [2.75, 3.05) is 0 Å². The van der Waals surface area contributed by atoms with E-state index in [1.54, 1.807) is 30.3 Å². The van der Waals surface area contributed by atoms with Crippen LogP contribution in [0.1, 0.15) is 0 Å². The monoisotopic (exact) mass is 310 g/mol. The molecule has 2 aromatic rings. The summed E-state index contributed by atoms with van der Waals surface area (Å²) in [4.78, 5) is 10.5. The molecule has 5 heteroatoms. The van der Waals surface area contributed by atoms with Gasteiger partial charge < -0.3 is 0 Å². The van der Waals surface area contributed by atoms with Crippen LogP contribution in [0.5, 0.6) is 0 Å². The highest BCUT2D eigenvalue weighted by molar-refractivity contribution is 9.10. The fraction of sp³-hybridized carbons (Fsp3) is 0. The van der Waals surface area contributed by atoms with E-state index in [0.29, 0.717) is 15.6 Å². The van der Waals surface area contributed by atoms with Gasteiger partial charge in [0.2, 0.25) is 0 Å². The molecule has 0 saturated carbocycles. The van der Waals surface area contributed by atoms with Gasteiger partial charge in [-0.05, 0) is 34.1 Å². The molecule has 0 aliphatic carbocycles. The Bertz CT molecular complexity index is 586. The van der Waals surface area contributed by atoms with Crippen molar-refractivity contribution in [3.8, 4) is 11.1 Å². The predicted octanol–water partition coefficient (Wildman–Crippen LogP) is 4.48. The number of benzene rings is 2. The molecular weight excluding hydrogens is 305 g/mol. The Balaban J connectivity index is 2.72. The molecule has 85 valence electrons. The van der Waals surface area contributed by atoms with Gasteiger partial charge in [-0.15, -0.1) is 0 Å². The molecular formula is C12H6BrClNO2. The van der Waals surface area contributed by atoms with E-state index in [9.17, 15) is 10.1 Å². The van der Waals surface area contributed by atoms with Gasteiger partial charge in [0.25, 0.3) is 5.69 Å². The zero-order valence-corrected chi connectivity index (χ0v) is 10.8. The van der Waals surface area contributed by atoms with Crippen LogP contribution in [0.2, 0.25) is 5.02 Å². The number of rotatable bonds is 2.